The van der Waals surface area contributed by atoms with Gasteiger partial charge < -0.3 is 9.97 Å². The standard InChI is InChI=1S/C29H20N2.Pt/c1-2-10-22(11-3-1)29(25-14-8-12-23(20-25)27-16-4-6-18-30-27)26-15-9-13-24(21-26)28-17-5-7-19-31-28;/h1-19,29H;/q-2;+2. The predicted molar refractivity (Wildman–Crippen MR) is 124 cm³/mol. The van der Waals surface area contributed by atoms with Crippen LogP contribution in [0.3, 0.4) is 0 Å². The van der Waals surface area contributed by atoms with Gasteiger partial charge >= 0.3 is 21.1 Å². The zero-order chi connectivity index (χ0) is 20.9. The number of hydrogen-bond acceptors (Lipinski definition) is 2. The molecule has 3 heteroatoms. The molecule has 0 spiro atoms. The van der Waals surface area contributed by atoms with Crippen molar-refractivity contribution in [1.29, 1.82) is 0 Å². The normalized spacial score (nSPS) is 10.5. The number of pyridine rings is 2. The van der Waals surface area contributed by atoms with Gasteiger partial charge in [-0.2, -0.15) is 0 Å². The summed E-state index contributed by atoms with van der Waals surface area (Å²) in [6.07, 6.45) is 3.63. The van der Waals surface area contributed by atoms with E-state index in [1.165, 1.54) is 5.56 Å². The van der Waals surface area contributed by atoms with E-state index in [0.29, 0.717) is 0 Å². The molecule has 5 aromatic rings. The Bertz CT molecular complexity index is 1190. The van der Waals surface area contributed by atoms with E-state index in [9.17, 15) is 0 Å². The van der Waals surface area contributed by atoms with Crippen LogP contribution in [-0.4, -0.2) is 9.97 Å². The number of rotatable bonds is 5. The van der Waals surface area contributed by atoms with E-state index in [1.807, 2.05) is 54.9 Å². The zero-order valence-electron chi connectivity index (χ0n) is 17.3. The topological polar surface area (TPSA) is 25.8 Å². The van der Waals surface area contributed by atoms with Gasteiger partial charge in [0.2, 0.25) is 0 Å². The molecule has 156 valence electrons. The van der Waals surface area contributed by atoms with Crippen LogP contribution >= 0.6 is 0 Å². The third-order valence-corrected chi connectivity index (χ3v) is 5.27. The fourth-order valence-corrected chi connectivity index (χ4v) is 3.83. The molecular formula is C29H20N2Pt. The van der Waals surface area contributed by atoms with Gasteiger partial charge in [-0.05, 0) is 35.0 Å². The Balaban J connectivity index is 0.00000245. The molecule has 5 rings (SSSR count). The molecule has 0 saturated heterocycles. The average molecular weight is 592 g/mol. The summed E-state index contributed by atoms with van der Waals surface area (Å²) in [7, 11) is 0. The van der Waals surface area contributed by atoms with Crippen LogP contribution in [0.5, 0.6) is 0 Å². The maximum atomic E-state index is 4.50. The Labute approximate surface area is 203 Å². The van der Waals surface area contributed by atoms with Crippen molar-refractivity contribution in [3.63, 3.8) is 0 Å². The van der Waals surface area contributed by atoms with Gasteiger partial charge in [-0.1, -0.05) is 54.6 Å². The molecule has 0 atom stereocenters. The first-order chi connectivity index (χ1) is 15.4. The average Bonchev–Trinajstić information content (AvgIpc) is 2.86. The van der Waals surface area contributed by atoms with E-state index in [-0.39, 0.29) is 27.0 Å². The Morgan fingerprint density at radius 3 is 1.47 bits per heavy atom. The second-order valence-electron chi connectivity index (χ2n) is 7.31. The van der Waals surface area contributed by atoms with Crippen molar-refractivity contribution in [3.05, 3.63) is 144 Å². The molecule has 0 saturated carbocycles. The third kappa shape index (κ3) is 4.77. The second kappa shape index (κ2) is 10.3. The minimum Gasteiger partial charge on any atom is -0.305 e. The molecule has 2 nitrogen and oxygen atoms in total. The maximum Gasteiger partial charge on any atom is 2.00 e. The summed E-state index contributed by atoms with van der Waals surface area (Å²) in [6.45, 7) is 0. The van der Waals surface area contributed by atoms with Crippen LogP contribution in [-0.2, 0) is 21.1 Å². The van der Waals surface area contributed by atoms with E-state index in [0.717, 1.165) is 33.6 Å². The summed E-state index contributed by atoms with van der Waals surface area (Å²) >= 11 is 0. The van der Waals surface area contributed by atoms with Crippen molar-refractivity contribution < 1.29 is 21.1 Å². The molecule has 0 unspecified atom stereocenters. The zero-order valence-corrected chi connectivity index (χ0v) is 19.5. The molecule has 0 aliphatic heterocycles. The van der Waals surface area contributed by atoms with Crippen LogP contribution in [0.1, 0.15) is 22.6 Å². The van der Waals surface area contributed by atoms with Crippen molar-refractivity contribution in [2.75, 3.05) is 0 Å². The van der Waals surface area contributed by atoms with Crippen LogP contribution in [0, 0.1) is 12.1 Å². The predicted octanol–water partition coefficient (Wildman–Crippen LogP) is 6.59. The van der Waals surface area contributed by atoms with E-state index in [4.69, 9.17) is 0 Å². The van der Waals surface area contributed by atoms with Gasteiger partial charge in [0.15, 0.2) is 0 Å². The fourth-order valence-electron chi connectivity index (χ4n) is 3.83. The Kier molecular flexibility index (Phi) is 7.04. The van der Waals surface area contributed by atoms with E-state index in [1.54, 1.807) is 0 Å². The van der Waals surface area contributed by atoms with Crippen molar-refractivity contribution in [2.24, 2.45) is 0 Å². The maximum absolute atomic E-state index is 4.50. The molecule has 2 heterocycles. The molecule has 0 fully saturated rings. The summed E-state index contributed by atoms with van der Waals surface area (Å²) in [6, 6.07) is 42.2. The van der Waals surface area contributed by atoms with Crippen LogP contribution in [0.25, 0.3) is 22.5 Å². The SMILES string of the molecule is [Pt+2].[c-]1c(-c2ccccn2)cccc1C(c1[c-]c(-c2ccccn2)ccc1)c1ccccc1. The molecule has 0 aliphatic carbocycles. The Hall–Kier alpha value is -3.35. The Morgan fingerprint density at radius 2 is 1.00 bits per heavy atom. The minimum absolute atomic E-state index is 0. The van der Waals surface area contributed by atoms with E-state index in [2.05, 4.69) is 82.8 Å². The number of aromatic nitrogens is 2. The second-order valence-corrected chi connectivity index (χ2v) is 7.31. The van der Waals surface area contributed by atoms with Crippen molar-refractivity contribution >= 4 is 0 Å². The molecule has 0 amide bonds. The van der Waals surface area contributed by atoms with Gasteiger partial charge in [-0.25, -0.2) is 0 Å². The molecule has 0 bridgehead atoms. The summed E-state index contributed by atoms with van der Waals surface area (Å²) < 4.78 is 0. The van der Waals surface area contributed by atoms with Crippen LogP contribution < -0.4 is 0 Å². The number of nitrogens with zero attached hydrogens (tertiary/aromatic N) is 2. The van der Waals surface area contributed by atoms with E-state index >= 15 is 0 Å². The van der Waals surface area contributed by atoms with Crippen molar-refractivity contribution in [3.8, 4) is 22.5 Å². The first-order valence-corrected chi connectivity index (χ1v) is 10.3. The minimum atomic E-state index is 0. The van der Waals surface area contributed by atoms with Gasteiger partial charge in [0.25, 0.3) is 0 Å². The smallest absolute Gasteiger partial charge is 0.305 e. The van der Waals surface area contributed by atoms with Gasteiger partial charge in [-0.3, -0.25) is 0 Å². The van der Waals surface area contributed by atoms with Gasteiger partial charge in [0, 0.05) is 12.4 Å². The molecule has 0 aliphatic rings. The largest absolute Gasteiger partial charge is 2.00 e. The molecular weight excluding hydrogens is 571 g/mol. The Morgan fingerprint density at radius 1 is 0.500 bits per heavy atom. The van der Waals surface area contributed by atoms with Crippen LogP contribution in [0.2, 0.25) is 0 Å². The third-order valence-electron chi connectivity index (χ3n) is 5.27. The van der Waals surface area contributed by atoms with Gasteiger partial charge in [0.1, 0.15) is 0 Å². The quantitative estimate of drug-likeness (QED) is 0.170. The monoisotopic (exact) mass is 591 g/mol. The van der Waals surface area contributed by atoms with Gasteiger partial charge in [-0.15, -0.1) is 70.8 Å². The van der Waals surface area contributed by atoms with Gasteiger partial charge in [0.05, 0.1) is 0 Å². The summed E-state index contributed by atoms with van der Waals surface area (Å²) in [4.78, 5) is 9.00. The summed E-state index contributed by atoms with van der Waals surface area (Å²) in [5.41, 5.74) is 7.18. The van der Waals surface area contributed by atoms with Crippen molar-refractivity contribution in [1.82, 2.24) is 9.97 Å². The van der Waals surface area contributed by atoms with E-state index < -0.39 is 0 Å². The molecule has 0 N–H and O–H groups in total. The first-order valence-electron chi connectivity index (χ1n) is 10.3. The number of benzene rings is 3. The molecule has 2 aromatic heterocycles. The fraction of sp³-hybridized carbons (Fsp3) is 0.0345. The molecule has 3 aromatic carbocycles. The number of hydrogen-bond donors (Lipinski definition) is 0. The van der Waals surface area contributed by atoms with Crippen LogP contribution in [0.15, 0.2) is 116 Å². The summed E-state index contributed by atoms with van der Waals surface area (Å²) in [5, 5.41) is 0. The summed E-state index contributed by atoms with van der Waals surface area (Å²) in [5.74, 6) is 0.00789. The first kappa shape index (κ1) is 21.9. The molecule has 32 heavy (non-hydrogen) atoms. The van der Waals surface area contributed by atoms with Crippen molar-refractivity contribution in [2.45, 2.75) is 5.92 Å². The molecule has 0 radical (unpaired) electrons. The van der Waals surface area contributed by atoms with Crippen LogP contribution in [0.4, 0.5) is 0 Å².